The highest BCUT2D eigenvalue weighted by molar-refractivity contribution is 7.46. The molecule has 0 aliphatic heterocycles. The topological polar surface area (TPSA) is 75.7 Å². The van der Waals surface area contributed by atoms with Crippen molar-refractivity contribution in [3.8, 4) is 0 Å². The van der Waals surface area contributed by atoms with Gasteiger partial charge in [-0.1, -0.05) is 6.58 Å². The third-order valence-electron chi connectivity index (χ3n) is 0.975. The molecule has 5 nitrogen and oxygen atoms in total. The minimum Gasteiger partial charge on any atom is -0.563 e. The Morgan fingerprint density at radius 3 is 2.62 bits per heavy atom. The van der Waals surface area contributed by atoms with Crippen molar-refractivity contribution in [2.24, 2.45) is 0 Å². The zero-order chi connectivity index (χ0) is 10.3. The van der Waals surface area contributed by atoms with Crippen LogP contribution in [0.25, 0.3) is 0 Å². The summed E-state index contributed by atoms with van der Waals surface area (Å²) in [6.45, 7) is 2.55. The van der Waals surface area contributed by atoms with Crippen LogP contribution in [-0.4, -0.2) is 13.3 Å². The van der Waals surface area contributed by atoms with Crippen molar-refractivity contribution in [2.45, 2.75) is 6.42 Å². The Hall–Kier alpha value is -0.250. The Balaban J connectivity index is 3.48. The van der Waals surface area contributed by atoms with E-state index in [9.17, 15) is 18.4 Å². The van der Waals surface area contributed by atoms with E-state index in [2.05, 4.69) is 15.4 Å². The number of halogens is 1. The molecule has 0 aromatic heterocycles. The Morgan fingerprint density at radius 1 is 1.54 bits per heavy atom. The second kappa shape index (κ2) is 7.18. The van der Waals surface area contributed by atoms with Crippen LogP contribution in [0.2, 0.25) is 0 Å². The largest absolute Gasteiger partial charge is 0.744 e. The number of alkyl halides is 1. The van der Waals surface area contributed by atoms with Crippen molar-refractivity contribution < 1.29 is 27.2 Å². The summed E-state index contributed by atoms with van der Waals surface area (Å²) in [5.74, 6) is 0. The quantitative estimate of drug-likeness (QED) is 0.489. The van der Waals surface area contributed by atoms with Gasteiger partial charge < -0.3 is 4.89 Å². The molecule has 13 heavy (non-hydrogen) atoms. The zero-order valence-electron chi connectivity index (χ0n) is 6.64. The van der Waals surface area contributed by atoms with Gasteiger partial charge in [-0.15, -0.1) is 4.52 Å². The summed E-state index contributed by atoms with van der Waals surface area (Å²) in [6.07, 6.45) is 0.177. The van der Waals surface area contributed by atoms with E-state index in [1.54, 1.807) is 0 Å². The smallest absolute Gasteiger partial charge is 0.563 e. The van der Waals surface area contributed by atoms with Gasteiger partial charge in [-0.3, -0.25) is 0 Å². The molecule has 74 valence electrons. The molecule has 0 radical (unpaired) electrons. The van der Waals surface area contributed by atoms with Gasteiger partial charge in [-0.25, -0.2) is 4.39 Å². The first-order chi connectivity index (χ1) is 6.06. The lowest BCUT2D eigenvalue weighted by atomic mass is 10.2. The van der Waals surface area contributed by atoms with Crippen LogP contribution in [0, 0.1) is 0 Å². The molecule has 0 bridgehead atoms. The zero-order valence-corrected chi connectivity index (χ0v) is 8.43. The number of hydrogen-bond acceptors (Lipinski definition) is 5. The van der Waals surface area contributed by atoms with Crippen LogP contribution in [0.15, 0.2) is 12.2 Å². The molecule has 0 fully saturated rings. The average molecular weight is 229 g/mol. The van der Waals surface area contributed by atoms with Gasteiger partial charge in [0.2, 0.25) is 0 Å². The number of rotatable bonds is 7. The molecular weight excluding hydrogens is 221 g/mol. The van der Waals surface area contributed by atoms with E-state index in [0.717, 1.165) is 0 Å². The lowest BCUT2D eigenvalue weighted by Crippen LogP contribution is -1.92. The van der Waals surface area contributed by atoms with E-state index in [1.807, 2.05) is 0 Å². The highest BCUT2D eigenvalue weighted by Crippen LogP contribution is 2.33. The average Bonchev–Trinajstić information content (AvgIpc) is 2.02. The maximum Gasteiger partial charge on any atom is 0.744 e. The van der Waals surface area contributed by atoms with Crippen LogP contribution in [0.4, 0.5) is 4.39 Å². The SMILES string of the molecule is C=C(CF)CCO[P+](=O)O[P+](=O)[O-]. The van der Waals surface area contributed by atoms with E-state index >= 15 is 0 Å². The molecule has 0 aromatic carbocycles. The third-order valence-corrected chi connectivity index (χ3v) is 2.43. The van der Waals surface area contributed by atoms with Crippen LogP contribution in [0.3, 0.4) is 0 Å². The molecule has 0 amide bonds. The number of hydrogen-bond donors (Lipinski definition) is 0. The molecule has 8 heteroatoms. The summed E-state index contributed by atoms with van der Waals surface area (Å²) in [7, 11) is -5.85. The standard InChI is InChI=1S/C5H8FO5P2/c1-5(4-6)2-3-10-13(9)11-12(7)8/h1-4H2/q+1. The van der Waals surface area contributed by atoms with Crippen LogP contribution in [0.5, 0.6) is 0 Å². The van der Waals surface area contributed by atoms with Crippen LogP contribution < -0.4 is 4.89 Å². The van der Waals surface area contributed by atoms with Gasteiger partial charge in [-0.2, -0.15) is 0 Å². The fourth-order valence-corrected chi connectivity index (χ4v) is 1.27. The van der Waals surface area contributed by atoms with Gasteiger partial charge in [0.15, 0.2) is 0 Å². The molecule has 0 aliphatic carbocycles. The maximum atomic E-state index is 11.8. The lowest BCUT2D eigenvalue weighted by molar-refractivity contribution is -0.178. The summed E-state index contributed by atoms with van der Waals surface area (Å²) >= 11 is 0. The molecule has 0 N–H and O–H groups in total. The molecule has 0 saturated carbocycles. The minimum atomic E-state index is -3.18. The van der Waals surface area contributed by atoms with Crippen molar-refractivity contribution >= 4 is 16.5 Å². The van der Waals surface area contributed by atoms with Crippen molar-refractivity contribution in [1.82, 2.24) is 0 Å². The van der Waals surface area contributed by atoms with E-state index in [4.69, 9.17) is 0 Å². The Kier molecular flexibility index (Phi) is 7.04. The maximum absolute atomic E-state index is 11.8. The normalized spacial score (nSPS) is 12.5. The van der Waals surface area contributed by atoms with Gasteiger partial charge in [0.25, 0.3) is 0 Å². The Bertz CT molecular complexity index is 219. The molecule has 0 aliphatic rings. The highest BCUT2D eigenvalue weighted by atomic mass is 31.2. The first kappa shape index (κ1) is 12.8. The Morgan fingerprint density at radius 2 is 2.15 bits per heavy atom. The molecule has 0 rings (SSSR count). The van der Waals surface area contributed by atoms with Crippen LogP contribution in [0.1, 0.15) is 6.42 Å². The van der Waals surface area contributed by atoms with Crippen molar-refractivity contribution in [3.63, 3.8) is 0 Å². The lowest BCUT2D eigenvalue weighted by Gasteiger charge is -1.92. The first-order valence-corrected chi connectivity index (χ1v) is 5.40. The van der Waals surface area contributed by atoms with Gasteiger partial charge in [0.05, 0.1) is 0 Å². The molecule has 2 atom stereocenters. The summed E-state index contributed by atoms with van der Waals surface area (Å²) in [4.78, 5) is 9.84. The Labute approximate surface area is 76.5 Å². The van der Waals surface area contributed by atoms with E-state index < -0.39 is 23.2 Å². The van der Waals surface area contributed by atoms with Gasteiger partial charge >= 0.3 is 16.5 Å². The second-order valence-electron chi connectivity index (χ2n) is 2.00. The monoisotopic (exact) mass is 229 g/mol. The van der Waals surface area contributed by atoms with Gasteiger partial charge in [0.1, 0.15) is 17.6 Å². The van der Waals surface area contributed by atoms with Crippen LogP contribution in [-0.2, 0) is 18.0 Å². The van der Waals surface area contributed by atoms with Crippen molar-refractivity contribution in [1.29, 1.82) is 0 Å². The van der Waals surface area contributed by atoms with Crippen LogP contribution >= 0.6 is 16.5 Å². The summed E-state index contributed by atoms with van der Waals surface area (Å²) in [5.41, 5.74) is 0.287. The van der Waals surface area contributed by atoms with Crippen molar-refractivity contribution in [2.75, 3.05) is 13.3 Å². The second-order valence-corrected chi connectivity index (χ2v) is 3.80. The highest BCUT2D eigenvalue weighted by Gasteiger charge is 2.30. The summed E-state index contributed by atoms with van der Waals surface area (Å²) in [5, 5.41) is 0. The molecule has 0 spiro atoms. The molecule has 0 saturated heterocycles. The van der Waals surface area contributed by atoms with E-state index in [0.29, 0.717) is 0 Å². The fraction of sp³-hybridized carbons (Fsp3) is 0.600. The van der Waals surface area contributed by atoms with Gasteiger partial charge in [0, 0.05) is 4.57 Å². The van der Waals surface area contributed by atoms with Gasteiger partial charge in [-0.05, 0) is 16.6 Å². The first-order valence-electron chi connectivity index (χ1n) is 3.21. The molecule has 0 heterocycles. The van der Waals surface area contributed by atoms with E-state index in [-0.39, 0.29) is 18.6 Å². The molecule has 0 aromatic rings. The predicted octanol–water partition coefficient (Wildman–Crippen LogP) is 1.61. The molecule has 2 unspecified atom stereocenters. The summed E-state index contributed by atoms with van der Waals surface area (Å²) in [6, 6.07) is 0. The fourth-order valence-electron chi connectivity index (χ4n) is 0.409. The van der Waals surface area contributed by atoms with Crippen molar-refractivity contribution in [3.05, 3.63) is 12.2 Å². The summed E-state index contributed by atoms with van der Waals surface area (Å²) < 4.78 is 40.3. The minimum absolute atomic E-state index is 0.0822. The van der Waals surface area contributed by atoms with E-state index in [1.165, 1.54) is 0 Å². The third kappa shape index (κ3) is 8.09. The predicted molar refractivity (Wildman–Crippen MR) is 42.0 cm³/mol. The molecular formula is C5H8FO5P2+.